The summed E-state index contributed by atoms with van der Waals surface area (Å²) in [5.41, 5.74) is 8.82. The van der Waals surface area contributed by atoms with Gasteiger partial charge in [-0.05, 0) is 11.1 Å². The molecule has 0 unspecified atom stereocenters. The minimum Gasteiger partial charge on any atom is -0.366 e. The third kappa shape index (κ3) is 1.96. The summed E-state index contributed by atoms with van der Waals surface area (Å²) in [4.78, 5) is 4.09. The molecule has 4 nitrogen and oxygen atoms in total. The van der Waals surface area contributed by atoms with Crippen molar-refractivity contribution in [3.8, 4) is 22.5 Å². The van der Waals surface area contributed by atoms with Gasteiger partial charge in [0.25, 0.3) is 0 Å². The Bertz CT molecular complexity index is 641. The van der Waals surface area contributed by atoms with Crippen LogP contribution in [0.3, 0.4) is 0 Å². The monoisotopic (exact) mass is 236 g/mol. The molecule has 4 heteroatoms. The molecule has 0 atom stereocenters. The number of H-pyrrole nitrogens is 1. The molecule has 0 aliphatic carbocycles. The van der Waals surface area contributed by atoms with Crippen molar-refractivity contribution in [2.45, 2.75) is 0 Å². The van der Waals surface area contributed by atoms with Gasteiger partial charge in [0.2, 0.25) is 5.95 Å². The Balaban J connectivity index is 1.94. The average molecular weight is 236 g/mol. The largest absolute Gasteiger partial charge is 0.366 e. The zero-order chi connectivity index (χ0) is 12.4. The molecule has 18 heavy (non-hydrogen) atoms. The van der Waals surface area contributed by atoms with E-state index in [0.717, 1.165) is 5.56 Å². The smallest absolute Gasteiger partial charge is 0.239 e. The maximum absolute atomic E-state index is 5.48. The van der Waals surface area contributed by atoms with Crippen LogP contribution in [0.2, 0.25) is 0 Å². The minimum atomic E-state index is 0.261. The van der Waals surface area contributed by atoms with Crippen LogP contribution in [0.15, 0.2) is 54.6 Å². The lowest BCUT2D eigenvalue weighted by Crippen LogP contribution is -1.85. The van der Waals surface area contributed by atoms with Gasteiger partial charge >= 0.3 is 0 Å². The molecule has 1 aromatic heterocycles. The molecule has 0 aliphatic rings. The standard InChI is InChI=1S/C14H12N4/c15-14-16-13(17-18-14)12-8-6-11(7-9-12)10-4-2-1-3-5-10/h1-9H,(H3,15,16,17,18). The number of rotatable bonds is 2. The van der Waals surface area contributed by atoms with Crippen LogP contribution in [-0.4, -0.2) is 15.2 Å². The average Bonchev–Trinajstić information content (AvgIpc) is 2.87. The molecule has 2 aromatic carbocycles. The first-order valence-corrected chi connectivity index (χ1v) is 5.67. The SMILES string of the molecule is Nc1n[nH]c(-c2ccc(-c3ccccc3)cc2)n1. The van der Waals surface area contributed by atoms with E-state index in [1.807, 2.05) is 30.3 Å². The van der Waals surface area contributed by atoms with E-state index in [-0.39, 0.29) is 5.95 Å². The molecule has 1 heterocycles. The minimum absolute atomic E-state index is 0.261. The first-order valence-electron chi connectivity index (χ1n) is 5.67. The van der Waals surface area contributed by atoms with Gasteiger partial charge in [-0.15, -0.1) is 5.10 Å². The summed E-state index contributed by atoms with van der Waals surface area (Å²) in [5, 5.41) is 6.61. The summed E-state index contributed by atoms with van der Waals surface area (Å²) in [6.45, 7) is 0. The van der Waals surface area contributed by atoms with E-state index in [9.17, 15) is 0 Å². The summed E-state index contributed by atoms with van der Waals surface area (Å²) >= 11 is 0. The van der Waals surface area contributed by atoms with E-state index < -0.39 is 0 Å². The third-order valence-electron chi connectivity index (χ3n) is 2.77. The summed E-state index contributed by atoms with van der Waals surface area (Å²) in [6.07, 6.45) is 0. The van der Waals surface area contributed by atoms with Crippen molar-refractivity contribution < 1.29 is 0 Å². The highest BCUT2D eigenvalue weighted by atomic mass is 15.3. The Morgan fingerprint density at radius 2 is 1.39 bits per heavy atom. The molecule has 0 radical (unpaired) electrons. The summed E-state index contributed by atoms with van der Waals surface area (Å²) in [7, 11) is 0. The van der Waals surface area contributed by atoms with E-state index in [2.05, 4.69) is 39.4 Å². The summed E-state index contributed by atoms with van der Waals surface area (Å²) < 4.78 is 0. The number of benzene rings is 2. The highest BCUT2D eigenvalue weighted by molar-refractivity contribution is 5.67. The molecule has 0 saturated carbocycles. The fourth-order valence-electron chi connectivity index (χ4n) is 1.86. The summed E-state index contributed by atoms with van der Waals surface area (Å²) in [5.74, 6) is 0.948. The maximum atomic E-state index is 5.48. The van der Waals surface area contributed by atoms with Gasteiger partial charge in [0.15, 0.2) is 5.82 Å². The Morgan fingerprint density at radius 3 is 2.00 bits per heavy atom. The Morgan fingerprint density at radius 1 is 0.778 bits per heavy atom. The normalized spacial score (nSPS) is 10.4. The Labute approximate surface area is 105 Å². The molecule has 3 aromatic rings. The van der Waals surface area contributed by atoms with Gasteiger partial charge in [-0.25, -0.2) is 0 Å². The Hall–Kier alpha value is -2.62. The second-order valence-electron chi connectivity index (χ2n) is 3.99. The van der Waals surface area contributed by atoms with Crippen molar-refractivity contribution in [3.63, 3.8) is 0 Å². The van der Waals surface area contributed by atoms with Crippen molar-refractivity contribution in [2.75, 3.05) is 5.73 Å². The third-order valence-corrected chi connectivity index (χ3v) is 2.77. The van der Waals surface area contributed by atoms with Gasteiger partial charge in [-0.2, -0.15) is 4.98 Å². The highest BCUT2D eigenvalue weighted by Gasteiger charge is 2.03. The molecule has 0 saturated heterocycles. The zero-order valence-corrected chi connectivity index (χ0v) is 9.67. The van der Waals surface area contributed by atoms with Crippen molar-refractivity contribution in [3.05, 3.63) is 54.6 Å². The lowest BCUT2D eigenvalue weighted by Gasteiger charge is -2.02. The van der Waals surface area contributed by atoms with E-state index in [4.69, 9.17) is 5.73 Å². The molecule has 0 bridgehead atoms. The molecule has 0 fully saturated rings. The number of nitrogens with two attached hydrogens (primary N) is 1. The first-order chi connectivity index (χ1) is 8.83. The van der Waals surface area contributed by atoms with E-state index >= 15 is 0 Å². The van der Waals surface area contributed by atoms with Gasteiger partial charge in [0.1, 0.15) is 0 Å². The van der Waals surface area contributed by atoms with E-state index in [1.165, 1.54) is 11.1 Å². The molecule has 0 aliphatic heterocycles. The molecule has 3 rings (SSSR count). The van der Waals surface area contributed by atoms with Crippen LogP contribution in [0.4, 0.5) is 5.95 Å². The number of nitrogens with one attached hydrogen (secondary N) is 1. The lowest BCUT2D eigenvalue weighted by atomic mass is 10.0. The highest BCUT2D eigenvalue weighted by Crippen LogP contribution is 2.22. The number of hydrogen-bond donors (Lipinski definition) is 2. The zero-order valence-electron chi connectivity index (χ0n) is 9.67. The van der Waals surface area contributed by atoms with Crippen molar-refractivity contribution in [2.24, 2.45) is 0 Å². The molecule has 0 spiro atoms. The van der Waals surface area contributed by atoms with Crippen LogP contribution in [0.25, 0.3) is 22.5 Å². The van der Waals surface area contributed by atoms with Crippen molar-refractivity contribution >= 4 is 5.95 Å². The number of aromatic nitrogens is 3. The van der Waals surface area contributed by atoms with Gasteiger partial charge < -0.3 is 5.73 Å². The summed E-state index contributed by atoms with van der Waals surface area (Å²) in [6, 6.07) is 18.4. The van der Waals surface area contributed by atoms with Crippen LogP contribution < -0.4 is 5.73 Å². The van der Waals surface area contributed by atoms with E-state index in [1.54, 1.807) is 0 Å². The second-order valence-corrected chi connectivity index (χ2v) is 3.99. The predicted octanol–water partition coefficient (Wildman–Crippen LogP) is 2.72. The number of hydrogen-bond acceptors (Lipinski definition) is 3. The molecule has 0 amide bonds. The van der Waals surface area contributed by atoms with Crippen LogP contribution in [0.1, 0.15) is 0 Å². The van der Waals surface area contributed by atoms with Crippen LogP contribution >= 0.6 is 0 Å². The lowest BCUT2D eigenvalue weighted by molar-refractivity contribution is 1.10. The predicted molar refractivity (Wildman–Crippen MR) is 71.7 cm³/mol. The quantitative estimate of drug-likeness (QED) is 0.718. The van der Waals surface area contributed by atoms with E-state index in [0.29, 0.717) is 5.82 Å². The van der Waals surface area contributed by atoms with Crippen LogP contribution in [0.5, 0.6) is 0 Å². The Kier molecular flexibility index (Phi) is 2.53. The van der Waals surface area contributed by atoms with Gasteiger partial charge in [-0.1, -0.05) is 54.6 Å². The van der Waals surface area contributed by atoms with Crippen molar-refractivity contribution in [1.29, 1.82) is 0 Å². The molecule has 88 valence electrons. The molecular weight excluding hydrogens is 224 g/mol. The van der Waals surface area contributed by atoms with Crippen molar-refractivity contribution in [1.82, 2.24) is 15.2 Å². The van der Waals surface area contributed by atoms with Gasteiger partial charge in [0, 0.05) is 5.56 Å². The molecular formula is C14H12N4. The van der Waals surface area contributed by atoms with Gasteiger partial charge in [-0.3, -0.25) is 5.10 Å². The number of nitrogens with zero attached hydrogens (tertiary/aromatic N) is 2. The topological polar surface area (TPSA) is 67.6 Å². The second kappa shape index (κ2) is 4.33. The fraction of sp³-hybridized carbons (Fsp3) is 0. The van der Waals surface area contributed by atoms with Crippen LogP contribution in [-0.2, 0) is 0 Å². The first kappa shape index (κ1) is 10.5. The van der Waals surface area contributed by atoms with Gasteiger partial charge in [0.05, 0.1) is 0 Å². The van der Waals surface area contributed by atoms with Crippen LogP contribution in [0, 0.1) is 0 Å². The maximum Gasteiger partial charge on any atom is 0.239 e. The number of anilines is 1. The number of nitrogen functional groups attached to an aromatic ring is 1. The number of aromatic amines is 1. The molecule has 3 N–H and O–H groups in total. The fourth-order valence-corrected chi connectivity index (χ4v) is 1.86.